The average molecular weight is 313 g/mol. The van der Waals surface area contributed by atoms with Crippen molar-refractivity contribution in [3.63, 3.8) is 0 Å². The Balaban J connectivity index is 2.42. The van der Waals surface area contributed by atoms with Crippen molar-refractivity contribution in [1.29, 1.82) is 0 Å². The molecule has 106 valence electrons. The normalized spacial score (nSPS) is 14.6. The minimum Gasteiger partial charge on any atom is -0.292 e. The maximum Gasteiger partial charge on any atom is 0.329 e. The minimum atomic E-state index is -0.0125. The van der Waals surface area contributed by atoms with E-state index in [1.165, 1.54) is 4.42 Å². The molecule has 5 nitrogen and oxygen atoms in total. The zero-order chi connectivity index (χ0) is 14.4. The molecular weight excluding hydrogens is 299 g/mol. The molecule has 0 unspecified atom stereocenters. The molecule has 0 fully saturated rings. The molecule has 0 N–H and O–H groups in total. The van der Waals surface area contributed by atoms with Crippen LogP contribution in [0.5, 0.6) is 0 Å². The fraction of sp³-hybridized carbons (Fsp3) is 0.385. The molecule has 1 aromatic carbocycles. The van der Waals surface area contributed by atoms with Gasteiger partial charge in [0.05, 0.1) is 16.7 Å². The summed E-state index contributed by atoms with van der Waals surface area (Å²) in [5.41, 5.74) is 3.26. The average Bonchev–Trinajstić information content (AvgIpc) is 2.71. The highest BCUT2D eigenvalue weighted by atomic mass is 35.5. The van der Waals surface area contributed by atoms with Gasteiger partial charge in [0.2, 0.25) is 0 Å². The van der Waals surface area contributed by atoms with Gasteiger partial charge in [-0.1, -0.05) is 11.6 Å². The summed E-state index contributed by atoms with van der Waals surface area (Å²) in [6.07, 6.45) is 0. The van der Waals surface area contributed by atoms with E-state index in [4.69, 9.17) is 23.4 Å². The van der Waals surface area contributed by atoms with E-state index in [1.54, 1.807) is 9.13 Å². The minimum absolute atomic E-state index is 0.0125. The van der Waals surface area contributed by atoms with Crippen LogP contribution in [0.1, 0.15) is 19.4 Å². The molecule has 0 bridgehead atoms. The first kappa shape index (κ1) is 13.5. The van der Waals surface area contributed by atoms with Crippen LogP contribution in [0.3, 0.4) is 0 Å². The van der Waals surface area contributed by atoms with Crippen molar-refractivity contribution in [2.24, 2.45) is 4.99 Å². The highest BCUT2D eigenvalue weighted by molar-refractivity contribution is 6.70. The van der Waals surface area contributed by atoms with Crippen LogP contribution < -0.4 is 10.1 Å². The number of hydrogen-bond acceptors (Lipinski definition) is 3. The summed E-state index contributed by atoms with van der Waals surface area (Å²) in [6, 6.07) is 3.80. The number of aromatic nitrogens is 2. The predicted octanol–water partition coefficient (Wildman–Crippen LogP) is 2.76. The molecule has 0 saturated heterocycles. The first-order valence-electron chi connectivity index (χ1n) is 6.49. The Morgan fingerprint density at radius 3 is 2.40 bits per heavy atom. The number of hydrogen-bond donors (Lipinski definition) is 0. The summed E-state index contributed by atoms with van der Waals surface area (Å²) in [5.74, 6) is 0. The van der Waals surface area contributed by atoms with Crippen LogP contribution >= 0.6 is 23.4 Å². The van der Waals surface area contributed by atoms with Gasteiger partial charge in [0.1, 0.15) is 11.8 Å². The number of nitrogens with zero attached hydrogens (tertiary/aromatic N) is 4. The standard InChI is InChI=1S/C13H14Cl2N4O/c1-3-17-10-5-8-9(19(15)7-16-12(8)14)6-11(10)18(4-2)13(17)20/h5-6H,3-4,7H2,1-2H3. The molecular formula is C13H14Cl2N4O. The summed E-state index contributed by atoms with van der Waals surface area (Å²) in [6.45, 7) is 5.44. The summed E-state index contributed by atoms with van der Waals surface area (Å²) < 4.78 is 4.98. The van der Waals surface area contributed by atoms with E-state index >= 15 is 0 Å². The lowest BCUT2D eigenvalue weighted by atomic mass is 10.1. The second-order valence-electron chi connectivity index (χ2n) is 4.58. The quantitative estimate of drug-likeness (QED) is 0.800. The summed E-state index contributed by atoms with van der Waals surface area (Å²) in [7, 11) is 0. The molecule has 0 saturated carbocycles. The van der Waals surface area contributed by atoms with Crippen LogP contribution in [0.2, 0.25) is 0 Å². The number of anilines is 1. The lowest BCUT2D eigenvalue weighted by Crippen LogP contribution is -2.23. The number of imidazole rings is 1. The van der Waals surface area contributed by atoms with Crippen LogP contribution in [0.15, 0.2) is 21.9 Å². The molecule has 0 atom stereocenters. The van der Waals surface area contributed by atoms with Gasteiger partial charge >= 0.3 is 5.69 Å². The van der Waals surface area contributed by atoms with Crippen molar-refractivity contribution in [1.82, 2.24) is 9.13 Å². The zero-order valence-corrected chi connectivity index (χ0v) is 12.7. The van der Waals surface area contributed by atoms with E-state index in [-0.39, 0.29) is 5.69 Å². The molecule has 3 rings (SSSR count). The number of halogens is 2. The van der Waals surface area contributed by atoms with Gasteiger partial charge in [-0.05, 0) is 26.0 Å². The van der Waals surface area contributed by atoms with Gasteiger partial charge in [-0.2, -0.15) is 0 Å². The van der Waals surface area contributed by atoms with Crippen molar-refractivity contribution < 1.29 is 0 Å². The molecule has 0 spiro atoms. The van der Waals surface area contributed by atoms with Crippen LogP contribution in [0.25, 0.3) is 11.0 Å². The Labute approximate surface area is 126 Å². The third-order valence-electron chi connectivity index (χ3n) is 3.59. The van der Waals surface area contributed by atoms with Crippen molar-refractivity contribution in [3.05, 3.63) is 28.2 Å². The molecule has 0 amide bonds. The number of benzene rings is 1. The molecule has 0 aliphatic carbocycles. The van der Waals surface area contributed by atoms with E-state index in [1.807, 2.05) is 26.0 Å². The monoisotopic (exact) mass is 312 g/mol. The first-order valence-corrected chi connectivity index (χ1v) is 7.20. The van der Waals surface area contributed by atoms with E-state index in [0.29, 0.717) is 24.9 Å². The number of rotatable bonds is 2. The third-order valence-corrected chi connectivity index (χ3v) is 4.20. The summed E-state index contributed by atoms with van der Waals surface area (Å²) in [4.78, 5) is 16.5. The van der Waals surface area contributed by atoms with E-state index < -0.39 is 0 Å². The third kappa shape index (κ3) is 1.77. The maximum absolute atomic E-state index is 12.3. The fourth-order valence-corrected chi connectivity index (χ4v) is 3.01. The SMILES string of the molecule is CCn1c(=O)n(CC)c2cc3c(cc21)C(Cl)=NCN3Cl. The van der Waals surface area contributed by atoms with Gasteiger partial charge in [-0.3, -0.25) is 13.6 Å². The number of aliphatic imine (C=N–C) groups is 1. The lowest BCUT2D eigenvalue weighted by molar-refractivity contribution is 0.671. The maximum atomic E-state index is 12.3. The van der Waals surface area contributed by atoms with Gasteiger partial charge in [0.15, 0.2) is 0 Å². The smallest absolute Gasteiger partial charge is 0.292 e. The largest absolute Gasteiger partial charge is 0.329 e. The fourth-order valence-electron chi connectivity index (χ4n) is 2.61. The van der Waals surface area contributed by atoms with Crippen LogP contribution in [-0.2, 0) is 13.1 Å². The second-order valence-corrected chi connectivity index (χ2v) is 5.35. The van der Waals surface area contributed by atoms with Crippen molar-refractivity contribution >= 4 is 45.3 Å². The van der Waals surface area contributed by atoms with Gasteiger partial charge in [0.25, 0.3) is 0 Å². The molecule has 2 heterocycles. The topological polar surface area (TPSA) is 42.5 Å². The van der Waals surface area contributed by atoms with E-state index in [2.05, 4.69) is 4.99 Å². The molecule has 2 aromatic rings. The predicted molar refractivity (Wildman–Crippen MR) is 83.1 cm³/mol. The highest BCUT2D eigenvalue weighted by Crippen LogP contribution is 2.32. The first-order chi connectivity index (χ1) is 9.58. The molecule has 20 heavy (non-hydrogen) atoms. The van der Waals surface area contributed by atoms with Crippen molar-refractivity contribution in [3.8, 4) is 0 Å². The number of fused-ring (bicyclic) bond motifs is 2. The Hall–Kier alpha value is -1.46. The second kappa shape index (κ2) is 4.82. The zero-order valence-electron chi connectivity index (χ0n) is 11.2. The number of aryl methyl sites for hydroxylation is 2. The Kier molecular flexibility index (Phi) is 3.26. The van der Waals surface area contributed by atoms with Crippen molar-refractivity contribution in [2.45, 2.75) is 26.9 Å². The molecule has 0 radical (unpaired) electrons. The van der Waals surface area contributed by atoms with Crippen LogP contribution in [-0.4, -0.2) is 21.0 Å². The van der Waals surface area contributed by atoms with Crippen molar-refractivity contribution in [2.75, 3.05) is 11.1 Å². The molecule has 1 aliphatic rings. The molecule has 1 aromatic heterocycles. The van der Waals surface area contributed by atoms with E-state index in [9.17, 15) is 4.79 Å². The van der Waals surface area contributed by atoms with Gasteiger partial charge in [0, 0.05) is 30.4 Å². The van der Waals surface area contributed by atoms with Crippen LogP contribution in [0.4, 0.5) is 5.69 Å². The molecule has 1 aliphatic heterocycles. The van der Waals surface area contributed by atoms with Gasteiger partial charge in [-0.25, -0.2) is 9.79 Å². The Morgan fingerprint density at radius 1 is 1.20 bits per heavy atom. The summed E-state index contributed by atoms with van der Waals surface area (Å²) in [5, 5.41) is 0.429. The lowest BCUT2D eigenvalue weighted by Gasteiger charge is -2.22. The van der Waals surface area contributed by atoms with Gasteiger partial charge in [-0.15, -0.1) is 0 Å². The Morgan fingerprint density at radius 2 is 1.80 bits per heavy atom. The van der Waals surface area contributed by atoms with E-state index in [0.717, 1.165) is 22.3 Å². The summed E-state index contributed by atoms with van der Waals surface area (Å²) >= 11 is 12.3. The Bertz CT molecular complexity index is 775. The van der Waals surface area contributed by atoms with Gasteiger partial charge < -0.3 is 0 Å². The van der Waals surface area contributed by atoms with Crippen LogP contribution in [0, 0.1) is 0 Å². The highest BCUT2D eigenvalue weighted by Gasteiger charge is 2.22. The molecule has 7 heteroatoms.